The highest BCUT2D eigenvalue weighted by Crippen LogP contribution is 2.27. The minimum absolute atomic E-state index is 0.162. The first-order chi connectivity index (χ1) is 11.0. The maximum atomic E-state index is 13.7. The minimum atomic E-state index is -0.710. The maximum absolute atomic E-state index is 13.7. The zero-order valence-corrected chi connectivity index (χ0v) is 12.7. The Morgan fingerprint density at radius 1 is 1.22 bits per heavy atom. The molecule has 0 unspecified atom stereocenters. The monoisotopic (exact) mass is 332 g/mol. The Bertz CT molecular complexity index is 881. The predicted octanol–water partition coefficient (Wildman–Crippen LogP) is 3.44. The van der Waals surface area contributed by atoms with Crippen LogP contribution < -0.4 is 5.32 Å². The molecule has 8 heteroatoms. The van der Waals surface area contributed by atoms with Gasteiger partial charge in [-0.2, -0.15) is 0 Å². The molecule has 3 rings (SSSR count). The summed E-state index contributed by atoms with van der Waals surface area (Å²) in [6, 6.07) is 3.24. The molecule has 0 fully saturated rings. The summed E-state index contributed by atoms with van der Waals surface area (Å²) in [7, 11) is 0. The summed E-state index contributed by atoms with van der Waals surface area (Å²) in [5.41, 5.74) is 1.26. The lowest BCUT2D eigenvalue weighted by Crippen LogP contribution is -2.14. The molecule has 0 aliphatic rings. The molecular weight excluding hydrogens is 322 g/mol. The zero-order valence-electron chi connectivity index (χ0n) is 11.9. The number of carbonyl (C=O) groups is 1. The Labute approximate surface area is 134 Å². The van der Waals surface area contributed by atoms with Gasteiger partial charge in [-0.15, -0.1) is 11.3 Å². The Kier molecular flexibility index (Phi) is 4.07. The van der Waals surface area contributed by atoms with Gasteiger partial charge in [0.1, 0.15) is 17.3 Å². The average molecular weight is 332 g/mol. The van der Waals surface area contributed by atoms with Crippen LogP contribution >= 0.6 is 11.3 Å². The lowest BCUT2D eigenvalue weighted by Gasteiger charge is -2.01. The van der Waals surface area contributed by atoms with Gasteiger partial charge in [0, 0.05) is 23.2 Å². The number of nitrogens with one attached hydrogen (secondary N) is 1. The molecule has 0 aliphatic carbocycles. The van der Waals surface area contributed by atoms with Gasteiger partial charge in [0.25, 0.3) is 5.91 Å². The number of rotatable bonds is 3. The van der Waals surface area contributed by atoms with E-state index in [0.717, 1.165) is 23.5 Å². The summed E-state index contributed by atoms with van der Waals surface area (Å²) in [5.74, 6) is -1.83. The van der Waals surface area contributed by atoms with Crippen molar-refractivity contribution in [2.45, 2.75) is 6.92 Å². The number of halogens is 2. The zero-order chi connectivity index (χ0) is 16.4. The summed E-state index contributed by atoms with van der Waals surface area (Å²) in [4.78, 5) is 24.1. The molecule has 0 atom stereocenters. The Morgan fingerprint density at radius 2 is 2.04 bits per heavy atom. The highest BCUT2D eigenvalue weighted by molar-refractivity contribution is 7.14. The molecule has 0 saturated carbocycles. The summed E-state index contributed by atoms with van der Waals surface area (Å²) < 4.78 is 26.7. The van der Waals surface area contributed by atoms with Crippen molar-refractivity contribution in [1.29, 1.82) is 0 Å². The van der Waals surface area contributed by atoms with Crippen LogP contribution in [0.5, 0.6) is 0 Å². The fraction of sp³-hybridized carbons (Fsp3) is 0.0667. The van der Waals surface area contributed by atoms with E-state index in [0.29, 0.717) is 11.4 Å². The van der Waals surface area contributed by atoms with Gasteiger partial charge >= 0.3 is 0 Å². The number of thiazole rings is 1. The van der Waals surface area contributed by atoms with Crippen LogP contribution in [-0.4, -0.2) is 20.9 Å². The first-order valence-electron chi connectivity index (χ1n) is 6.54. The van der Waals surface area contributed by atoms with Gasteiger partial charge in [0.2, 0.25) is 0 Å². The van der Waals surface area contributed by atoms with E-state index in [1.807, 2.05) is 0 Å². The van der Waals surface area contributed by atoms with Gasteiger partial charge in [-0.25, -0.2) is 18.7 Å². The SMILES string of the molecule is Cc1cncc(C(=O)Nc2nc(-c3ccc(F)cc3F)cs2)n1. The van der Waals surface area contributed by atoms with Gasteiger partial charge in [-0.05, 0) is 19.1 Å². The molecule has 0 aliphatic heterocycles. The lowest BCUT2D eigenvalue weighted by atomic mass is 10.1. The van der Waals surface area contributed by atoms with E-state index in [9.17, 15) is 13.6 Å². The molecule has 23 heavy (non-hydrogen) atoms. The molecule has 0 saturated heterocycles. The number of carbonyl (C=O) groups excluding carboxylic acids is 1. The molecule has 1 N–H and O–H groups in total. The smallest absolute Gasteiger partial charge is 0.277 e. The van der Waals surface area contributed by atoms with E-state index >= 15 is 0 Å². The molecule has 5 nitrogen and oxygen atoms in total. The first-order valence-corrected chi connectivity index (χ1v) is 7.42. The van der Waals surface area contributed by atoms with E-state index in [-0.39, 0.29) is 16.4 Å². The minimum Gasteiger partial charge on any atom is -0.296 e. The number of amides is 1. The summed E-state index contributed by atoms with van der Waals surface area (Å²) >= 11 is 1.13. The molecule has 0 radical (unpaired) electrons. The van der Waals surface area contributed by atoms with Crippen molar-refractivity contribution in [2.75, 3.05) is 5.32 Å². The predicted molar refractivity (Wildman–Crippen MR) is 82.2 cm³/mol. The second-order valence-electron chi connectivity index (χ2n) is 4.66. The topological polar surface area (TPSA) is 67.8 Å². The van der Waals surface area contributed by atoms with Gasteiger partial charge in [0.15, 0.2) is 5.13 Å². The molecule has 2 heterocycles. The van der Waals surface area contributed by atoms with Crippen LogP contribution in [0.2, 0.25) is 0 Å². The maximum Gasteiger partial charge on any atom is 0.277 e. The number of aromatic nitrogens is 3. The van der Waals surface area contributed by atoms with Crippen molar-refractivity contribution < 1.29 is 13.6 Å². The fourth-order valence-electron chi connectivity index (χ4n) is 1.89. The highest BCUT2D eigenvalue weighted by Gasteiger charge is 2.14. The second-order valence-corrected chi connectivity index (χ2v) is 5.52. The normalized spacial score (nSPS) is 10.6. The Hall–Kier alpha value is -2.74. The van der Waals surface area contributed by atoms with E-state index in [1.54, 1.807) is 12.3 Å². The second kappa shape index (κ2) is 6.17. The van der Waals surface area contributed by atoms with Crippen molar-refractivity contribution >= 4 is 22.4 Å². The van der Waals surface area contributed by atoms with Gasteiger partial charge < -0.3 is 0 Å². The van der Waals surface area contributed by atoms with Crippen LogP contribution in [0.25, 0.3) is 11.3 Å². The molecule has 0 spiro atoms. The van der Waals surface area contributed by atoms with Crippen molar-refractivity contribution in [3.8, 4) is 11.3 Å². The molecule has 0 bridgehead atoms. The average Bonchev–Trinajstić information content (AvgIpc) is 2.95. The number of hydrogen-bond donors (Lipinski definition) is 1. The summed E-state index contributed by atoms with van der Waals surface area (Å²) in [6.07, 6.45) is 2.88. The highest BCUT2D eigenvalue weighted by atomic mass is 32.1. The molecular formula is C15H10F2N4OS. The van der Waals surface area contributed by atoms with Crippen molar-refractivity contribution in [2.24, 2.45) is 0 Å². The number of hydrogen-bond acceptors (Lipinski definition) is 5. The number of nitrogens with zero attached hydrogens (tertiary/aromatic N) is 3. The largest absolute Gasteiger partial charge is 0.296 e. The van der Waals surface area contributed by atoms with E-state index in [2.05, 4.69) is 20.3 Å². The van der Waals surface area contributed by atoms with E-state index in [4.69, 9.17) is 0 Å². The lowest BCUT2D eigenvalue weighted by molar-refractivity contribution is 0.102. The molecule has 1 amide bonds. The quantitative estimate of drug-likeness (QED) is 0.798. The van der Waals surface area contributed by atoms with Crippen molar-refractivity contribution in [3.63, 3.8) is 0 Å². The van der Waals surface area contributed by atoms with Gasteiger partial charge in [0.05, 0.1) is 17.6 Å². The van der Waals surface area contributed by atoms with E-state index in [1.165, 1.54) is 18.5 Å². The van der Waals surface area contributed by atoms with Crippen LogP contribution in [0.4, 0.5) is 13.9 Å². The third-order valence-electron chi connectivity index (χ3n) is 2.92. The third kappa shape index (κ3) is 3.37. The standard InChI is InChI=1S/C15H10F2N4OS/c1-8-5-18-6-12(19-8)14(22)21-15-20-13(7-23-15)10-3-2-9(16)4-11(10)17/h2-7H,1H3,(H,20,21,22). The Balaban J connectivity index is 1.81. The molecule has 3 aromatic rings. The third-order valence-corrected chi connectivity index (χ3v) is 3.68. The van der Waals surface area contributed by atoms with Gasteiger partial charge in [-0.3, -0.25) is 15.1 Å². The number of anilines is 1. The number of benzene rings is 1. The fourth-order valence-corrected chi connectivity index (χ4v) is 2.59. The van der Waals surface area contributed by atoms with Crippen LogP contribution in [0.1, 0.15) is 16.2 Å². The number of aryl methyl sites for hydroxylation is 1. The summed E-state index contributed by atoms with van der Waals surface area (Å²) in [5, 5.41) is 4.44. The van der Waals surface area contributed by atoms with Crippen molar-refractivity contribution in [3.05, 3.63) is 59.0 Å². The van der Waals surface area contributed by atoms with E-state index < -0.39 is 17.5 Å². The molecule has 116 valence electrons. The Morgan fingerprint density at radius 3 is 2.78 bits per heavy atom. The van der Waals surface area contributed by atoms with Crippen LogP contribution in [0.15, 0.2) is 36.0 Å². The van der Waals surface area contributed by atoms with Crippen LogP contribution in [0.3, 0.4) is 0 Å². The first kappa shape index (κ1) is 15.2. The van der Waals surface area contributed by atoms with Crippen molar-refractivity contribution in [1.82, 2.24) is 15.0 Å². The molecule has 1 aromatic carbocycles. The summed E-state index contributed by atoms with van der Waals surface area (Å²) in [6.45, 7) is 1.72. The van der Waals surface area contributed by atoms with Crippen LogP contribution in [0, 0.1) is 18.6 Å². The molecule has 2 aromatic heterocycles. The van der Waals surface area contributed by atoms with Crippen LogP contribution in [-0.2, 0) is 0 Å². The van der Waals surface area contributed by atoms with Gasteiger partial charge in [-0.1, -0.05) is 0 Å².